The second-order valence-electron chi connectivity index (χ2n) is 4.54. The number of nitrogens with two attached hydrogens (primary N) is 1. The first-order valence-corrected chi connectivity index (χ1v) is 5.68. The van der Waals surface area contributed by atoms with E-state index in [1.807, 2.05) is 12.1 Å². The molecule has 1 unspecified atom stereocenters. The summed E-state index contributed by atoms with van der Waals surface area (Å²) in [6.07, 6.45) is 2.67. The van der Waals surface area contributed by atoms with E-state index in [-0.39, 0.29) is 0 Å². The van der Waals surface area contributed by atoms with Gasteiger partial charge in [0, 0.05) is 13.1 Å². The van der Waals surface area contributed by atoms with Gasteiger partial charge in [-0.25, -0.2) is 4.98 Å². The molecule has 0 amide bonds. The maximum atomic E-state index is 5.66. The van der Waals surface area contributed by atoms with E-state index in [0.717, 1.165) is 18.2 Å². The average Bonchev–Trinajstić information content (AvgIpc) is 2.17. The summed E-state index contributed by atoms with van der Waals surface area (Å²) in [5.41, 5.74) is 6.75. The number of pyridine rings is 1. The molecular weight excluding hydrogens is 186 g/mol. The van der Waals surface area contributed by atoms with Crippen LogP contribution in [0.15, 0.2) is 18.2 Å². The number of rotatable bonds is 2. The van der Waals surface area contributed by atoms with Crippen molar-refractivity contribution in [2.75, 3.05) is 18.8 Å². The van der Waals surface area contributed by atoms with Crippen LogP contribution in [0.1, 0.15) is 25.5 Å². The lowest BCUT2D eigenvalue weighted by Crippen LogP contribution is -2.33. The van der Waals surface area contributed by atoms with E-state index >= 15 is 0 Å². The summed E-state index contributed by atoms with van der Waals surface area (Å²) in [5, 5.41) is 0. The zero-order valence-corrected chi connectivity index (χ0v) is 9.32. The summed E-state index contributed by atoms with van der Waals surface area (Å²) >= 11 is 0. The van der Waals surface area contributed by atoms with Crippen molar-refractivity contribution in [1.82, 2.24) is 9.88 Å². The number of aromatic nitrogens is 1. The van der Waals surface area contributed by atoms with Crippen LogP contribution in [-0.4, -0.2) is 23.0 Å². The molecule has 0 bridgehead atoms. The van der Waals surface area contributed by atoms with Gasteiger partial charge in [0.1, 0.15) is 5.82 Å². The van der Waals surface area contributed by atoms with Crippen molar-refractivity contribution in [3.8, 4) is 0 Å². The minimum absolute atomic E-state index is 0.623. The molecule has 0 radical (unpaired) electrons. The quantitative estimate of drug-likeness (QED) is 0.801. The molecule has 82 valence electrons. The smallest absolute Gasteiger partial charge is 0.123 e. The average molecular weight is 205 g/mol. The Balaban J connectivity index is 1.96. The molecule has 1 aliphatic heterocycles. The molecule has 2 N–H and O–H groups in total. The van der Waals surface area contributed by atoms with E-state index in [1.54, 1.807) is 0 Å². The fraction of sp³-hybridized carbons (Fsp3) is 0.583. The van der Waals surface area contributed by atoms with Gasteiger partial charge in [-0.05, 0) is 37.4 Å². The SMILES string of the molecule is CC1CCCN(Cc2cccc(N)n2)C1. The van der Waals surface area contributed by atoms with E-state index in [9.17, 15) is 0 Å². The second-order valence-corrected chi connectivity index (χ2v) is 4.54. The summed E-state index contributed by atoms with van der Waals surface area (Å²) in [6, 6.07) is 5.86. The van der Waals surface area contributed by atoms with Crippen molar-refractivity contribution >= 4 is 5.82 Å². The van der Waals surface area contributed by atoms with Gasteiger partial charge in [-0.1, -0.05) is 13.0 Å². The van der Waals surface area contributed by atoms with E-state index in [1.165, 1.54) is 25.9 Å². The predicted molar refractivity (Wildman–Crippen MR) is 62.3 cm³/mol. The van der Waals surface area contributed by atoms with Gasteiger partial charge in [0.15, 0.2) is 0 Å². The van der Waals surface area contributed by atoms with Gasteiger partial charge in [-0.3, -0.25) is 4.90 Å². The molecule has 0 spiro atoms. The molecule has 1 aromatic rings. The Morgan fingerprint density at radius 3 is 3.13 bits per heavy atom. The Labute approximate surface area is 91.3 Å². The minimum atomic E-state index is 0.623. The molecular formula is C12H19N3. The molecule has 1 aromatic heterocycles. The zero-order chi connectivity index (χ0) is 10.7. The molecule has 2 heterocycles. The number of nitrogens with zero attached hydrogens (tertiary/aromatic N) is 2. The first-order chi connectivity index (χ1) is 7.24. The Kier molecular flexibility index (Phi) is 3.21. The van der Waals surface area contributed by atoms with Gasteiger partial charge in [0.05, 0.1) is 5.69 Å². The topological polar surface area (TPSA) is 42.1 Å². The molecule has 0 aromatic carbocycles. The molecule has 1 atom stereocenters. The molecule has 3 nitrogen and oxygen atoms in total. The third-order valence-electron chi connectivity index (χ3n) is 2.96. The summed E-state index contributed by atoms with van der Waals surface area (Å²) in [6.45, 7) is 5.64. The summed E-state index contributed by atoms with van der Waals surface area (Å²) in [7, 11) is 0. The van der Waals surface area contributed by atoms with Crippen LogP contribution in [0.4, 0.5) is 5.82 Å². The van der Waals surface area contributed by atoms with Gasteiger partial charge in [0.2, 0.25) is 0 Å². The third kappa shape index (κ3) is 2.93. The van der Waals surface area contributed by atoms with Crippen molar-refractivity contribution in [3.05, 3.63) is 23.9 Å². The third-order valence-corrected chi connectivity index (χ3v) is 2.96. The van der Waals surface area contributed by atoms with Crippen LogP contribution in [0.2, 0.25) is 0 Å². The number of nitrogen functional groups attached to an aromatic ring is 1. The Morgan fingerprint density at radius 2 is 2.40 bits per heavy atom. The largest absolute Gasteiger partial charge is 0.384 e. The summed E-state index contributed by atoms with van der Waals surface area (Å²) < 4.78 is 0. The number of piperidine rings is 1. The van der Waals surface area contributed by atoms with E-state index < -0.39 is 0 Å². The summed E-state index contributed by atoms with van der Waals surface area (Å²) in [4.78, 5) is 6.80. The number of likely N-dealkylation sites (tertiary alicyclic amines) is 1. The van der Waals surface area contributed by atoms with Crippen LogP contribution in [0.5, 0.6) is 0 Å². The van der Waals surface area contributed by atoms with Crippen molar-refractivity contribution in [3.63, 3.8) is 0 Å². The van der Waals surface area contributed by atoms with Gasteiger partial charge in [0.25, 0.3) is 0 Å². The van der Waals surface area contributed by atoms with Crippen LogP contribution in [0.3, 0.4) is 0 Å². The van der Waals surface area contributed by atoms with Crippen LogP contribution >= 0.6 is 0 Å². The Morgan fingerprint density at radius 1 is 1.53 bits per heavy atom. The monoisotopic (exact) mass is 205 g/mol. The lowest BCUT2D eigenvalue weighted by molar-refractivity contribution is 0.175. The molecule has 1 aliphatic rings. The van der Waals surface area contributed by atoms with Crippen LogP contribution in [0.25, 0.3) is 0 Å². The van der Waals surface area contributed by atoms with Crippen LogP contribution < -0.4 is 5.73 Å². The van der Waals surface area contributed by atoms with Gasteiger partial charge < -0.3 is 5.73 Å². The minimum Gasteiger partial charge on any atom is -0.384 e. The molecule has 1 saturated heterocycles. The molecule has 0 aliphatic carbocycles. The van der Waals surface area contributed by atoms with E-state index in [4.69, 9.17) is 5.73 Å². The molecule has 3 heteroatoms. The maximum Gasteiger partial charge on any atom is 0.123 e. The highest BCUT2D eigenvalue weighted by Crippen LogP contribution is 2.17. The highest BCUT2D eigenvalue weighted by Gasteiger charge is 2.16. The predicted octanol–water partition coefficient (Wildman–Crippen LogP) is 1.90. The van der Waals surface area contributed by atoms with Gasteiger partial charge in [-0.2, -0.15) is 0 Å². The molecule has 2 rings (SSSR count). The van der Waals surface area contributed by atoms with E-state index in [0.29, 0.717) is 5.82 Å². The highest BCUT2D eigenvalue weighted by atomic mass is 15.1. The highest BCUT2D eigenvalue weighted by molar-refractivity contribution is 5.28. The summed E-state index contributed by atoms with van der Waals surface area (Å²) in [5.74, 6) is 1.44. The van der Waals surface area contributed by atoms with Crippen molar-refractivity contribution in [2.45, 2.75) is 26.3 Å². The molecule has 15 heavy (non-hydrogen) atoms. The lowest BCUT2D eigenvalue weighted by atomic mass is 10.0. The van der Waals surface area contributed by atoms with Crippen molar-refractivity contribution < 1.29 is 0 Å². The normalized spacial score (nSPS) is 22.9. The number of hydrogen-bond donors (Lipinski definition) is 1. The fourth-order valence-electron chi connectivity index (χ4n) is 2.25. The Bertz CT molecular complexity index is 324. The zero-order valence-electron chi connectivity index (χ0n) is 9.32. The first kappa shape index (κ1) is 10.4. The lowest BCUT2D eigenvalue weighted by Gasteiger charge is -2.30. The maximum absolute atomic E-state index is 5.66. The number of anilines is 1. The standard InChI is InChI=1S/C12H19N3/c1-10-4-3-7-15(8-10)9-11-5-2-6-12(13)14-11/h2,5-6,10H,3-4,7-9H2,1H3,(H2,13,14). The van der Waals surface area contributed by atoms with Gasteiger partial charge in [-0.15, -0.1) is 0 Å². The molecule has 1 fully saturated rings. The number of hydrogen-bond acceptors (Lipinski definition) is 3. The van der Waals surface area contributed by atoms with Gasteiger partial charge >= 0.3 is 0 Å². The Hall–Kier alpha value is -1.09. The second kappa shape index (κ2) is 4.62. The van der Waals surface area contributed by atoms with Crippen molar-refractivity contribution in [1.29, 1.82) is 0 Å². The van der Waals surface area contributed by atoms with Crippen LogP contribution in [-0.2, 0) is 6.54 Å². The van der Waals surface area contributed by atoms with Crippen LogP contribution in [0, 0.1) is 5.92 Å². The first-order valence-electron chi connectivity index (χ1n) is 5.68. The van der Waals surface area contributed by atoms with E-state index in [2.05, 4.69) is 22.9 Å². The fourth-order valence-corrected chi connectivity index (χ4v) is 2.25. The van der Waals surface area contributed by atoms with Crippen molar-refractivity contribution in [2.24, 2.45) is 5.92 Å². The molecule has 0 saturated carbocycles.